The van der Waals surface area contributed by atoms with Gasteiger partial charge in [-0.2, -0.15) is 0 Å². The molecule has 34 heavy (non-hydrogen) atoms. The molecule has 1 aromatic carbocycles. The molecule has 180 valence electrons. The monoisotopic (exact) mass is 467 g/mol. The minimum atomic E-state index is -3.01. The van der Waals surface area contributed by atoms with Crippen LogP contribution in [0.4, 0.5) is 8.78 Å². The number of halogens is 2. The molecule has 1 heterocycles. The first-order valence-corrected chi connectivity index (χ1v) is 11.9. The Bertz CT molecular complexity index is 1090. The van der Waals surface area contributed by atoms with Crippen molar-refractivity contribution < 1.29 is 18.4 Å². The number of carbonyl (C=O) groups is 2. The minimum Gasteiger partial charge on any atom is -0.348 e. The van der Waals surface area contributed by atoms with Gasteiger partial charge in [-0.25, -0.2) is 18.7 Å². The zero-order chi connectivity index (χ0) is 24.3. The van der Waals surface area contributed by atoms with Crippen LogP contribution in [0.25, 0.3) is 6.08 Å². The first-order chi connectivity index (χ1) is 16.2. The van der Waals surface area contributed by atoms with Crippen molar-refractivity contribution in [3.63, 3.8) is 0 Å². The molecule has 2 saturated carbocycles. The Morgan fingerprint density at radius 2 is 2.12 bits per heavy atom. The number of aromatic nitrogens is 2. The standard InChI is InChI=1S/C27H31F2N3O2/c1-3-19-6-4-7-20(14-19)9-10-21-8-5-12-26(24(21)33)15-22(16-27(28,29)17-26)32-25(34)23-11-13-30-18(2)31-23/h3-4,6-7,11,13-14,21-22H,1,5,8-10,12,15-17H2,2H3,(H,32,34). The van der Waals surface area contributed by atoms with Gasteiger partial charge in [0.15, 0.2) is 0 Å². The fourth-order valence-corrected chi connectivity index (χ4v) is 5.73. The van der Waals surface area contributed by atoms with E-state index in [0.717, 1.165) is 30.4 Å². The normalized spacial score (nSPS) is 26.3. The largest absolute Gasteiger partial charge is 0.348 e. The number of alkyl halides is 2. The lowest BCUT2D eigenvalue weighted by Gasteiger charge is -2.47. The summed E-state index contributed by atoms with van der Waals surface area (Å²) in [5.74, 6) is -3.38. The molecule has 2 fully saturated rings. The number of aryl methyl sites for hydroxylation is 2. The Labute approximate surface area is 199 Å². The van der Waals surface area contributed by atoms with E-state index in [-0.39, 0.29) is 23.8 Å². The molecule has 0 saturated heterocycles. The predicted octanol–water partition coefficient (Wildman–Crippen LogP) is 5.33. The van der Waals surface area contributed by atoms with Gasteiger partial charge in [0.1, 0.15) is 17.3 Å². The first kappa shape index (κ1) is 24.2. The molecule has 4 rings (SSSR count). The third-order valence-electron chi connectivity index (χ3n) is 7.19. The quantitative estimate of drug-likeness (QED) is 0.623. The number of nitrogens with zero attached hydrogens (tertiary/aromatic N) is 2. The molecule has 7 heteroatoms. The van der Waals surface area contributed by atoms with Crippen LogP contribution in [-0.2, 0) is 11.2 Å². The first-order valence-electron chi connectivity index (χ1n) is 11.9. The second-order valence-corrected chi connectivity index (χ2v) is 9.82. The predicted molar refractivity (Wildman–Crippen MR) is 126 cm³/mol. The van der Waals surface area contributed by atoms with Gasteiger partial charge >= 0.3 is 0 Å². The van der Waals surface area contributed by atoms with Gasteiger partial charge in [-0.1, -0.05) is 43.3 Å². The number of ketones is 1. The highest BCUT2D eigenvalue weighted by atomic mass is 19.3. The Hall–Kier alpha value is -2.96. The van der Waals surface area contributed by atoms with Crippen LogP contribution >= 0.6 is 0 Å². The molecule has 2 aliphatic carbocycles. The van der Waals surface area contributed by atoms with Gasteiger partial charge in [0, 0.05) is 36.4 Å². The van der Waals surface area contributed by atoms with Crippen LogP contribution in [-0.4, -0.2) is 33.6 Å². The lowest BCUT2D eigenvalue weighted by Crippen LogP contribution is -2.54. The summed E-state index contributed by atoms with van der Waals surface area (Å²) in [6, 6.07) is 8.68. The van der Waals surface area contributed by atoms with Crippen LogP contribution in [0.2, 0.25) is 0 Å². The van der Waals surface area contributed by atoms with Crippen molar-refractivity contribution in [1.29, 1.82) is 0 Å². The van der Waals surface area contributed by atoms with Crippen molar-refractivity contribution in [1.82, 2.24) is 15.3 Å². The molecule has 5 nitrogen and oxygen atoms in total. The number of hydrogen-bond acceptors (Lipinski definition) is 4. The van der Waals surface area contributed by atoms with Gasteiger partial charge in [-0.15, -0.1) is 0 Å². The fraction of sp³-hybridized carbons (Fsp3) is 0.481. The number of hydrogen-bond donors (Lipinski definition) is 1. The molecule has 1 spiro atoms. The lowest BCUT2D eigenvalue weighted by molar-refractivity contribution is -0.154. The van der Waals surface area contributed by atoms with Crippen LogP contribution in [0, 0.1) is 18.3 Å². The molecule has 0 aliphatic heterocycles. The number of benzene rings is 1. The van der Waals surface area contributed by atoms with Crippen molar-refractivity contribution in [2.75, 3.05) is 0 Å². The Balaban J connectivity index is 1.47. The van der Waals surface area contributed by atoms with Gasteiger partial charge in [-0.3, -0.25) is 9.59 Å². The summed E-state index contributed by atoms with van der Waals surface area (Å²) in [5.41, 5.74) is 1.19. The third kappa shape index (κ3) is 5.40. The fourth-order valence-electron chi connectivity index (χ4n) is 5.73. The summed E-state index contributed by atoms with van der Waals surface area (Å²) >= 11 is 0. The molecule has 2 aromatic rings. The molecule has 1 aromatic heterocycles. The van der Waals surface area contributed by atoms with E-state index >= 15 is 0 Å². The van der Waals surface area contributed by atoms with E-state index in [2.05, 4.69) is 21.9 Å². The van der Waals surface area contributed by atoms with Crippen LogP contribution in [0.15, 0.2) is 43.1 Å². The Morgan fingerprint density at radius 1 is 1.29 bits per heavy atom. The zero-order valence-corrected chi connectivity index (χ0v) is 19.5. The zero-order valence-electron chi connectivity index (χ0n) is 19.5. The van der Waals surface area contributed by atoms with E-state index in [1.165, 1.54) is 12.3 Å². The van der Waals surface area contributed by atoms with Crippen LogP contribution in [0.5, 0.6) is 0 Å². The highest BCUT2D eigenvalue weighted by molar-refractivity contribution is 5.92. The van der Waals surface area contributed by atoms with Crippen molar-refractivity contribution in [3.05, 3.63) is 65.8 Å². The average molecular weight is 468 g/mol. The maximum absolute atomic E-state index is 14.9. The van der Waals surface area contributed by atoms with Crippen LogP contribution in [0.3, 0.4) is 0 Å². The molecule has 3 unspecified atom stereocenters. The highest BCUT2D eigenvalue weighted by Gasteiger charge is 2.55. The topological polar surface area (TPSA) is 72.0 Å². The van der Waals surface area contributed by atoms with E-state index in [9.17, 15) is 18.4 Å². The molecule has 1 amide bonds. The SMILES string of the molecule is C=Cc1cccc(CCC2CCCC3(CC(NC(=O)c4ccnc(C)n4)CC(F)(F)C3)C2=O)c1. The van der Waals surface area contributed by atoms with Crippen molar-refractivity contribution in [2.24, 2.45) is 11.3 Å². The van der Waals surface area contributed by atoms with E-state index in [1.54, 1.807) is 13.0 Å². The number of amides is 1. The minimum absolute atomic E-state index is 0.0601. The van der Waals surface area contributed by atoms with Crippen molar-refractivity contribution in [2.45, 2.75) is 70.3 Å². The summed E-state index contributed by atoms with van der Waals surface area (Å²) in [4.78, 5) is 34.3. The molecular formula is C27H31F2N3O2. The van der Waals surface area contributed by atoms with Gasteiger partial charge in [0.05, 0.1) is 0 Å². The molecule has 3 atom stereocenters. The smallest absolute Gasteiger partial charge is 0.270 e. The van der Waals surface area contributed by atoms with Gasteiger partial charge < -0.3 is 5.32 Å². The lowest BCUT2D eigenvalue weighted by atomic mass is 9.59. The average Bonchev–Trinajstić information content (AvgIpc) is 2.79. The molecule has 0 radical (unpaired) electrons. The maximum Gasteiger partial charge on any atom is 0.270 e. The van der Waals surface area contributed by atoms with Gasteiger partial charge in [0.25, 0.3) is 11.8 Å². The second-order valence-electron chi connectivity index (χ2n) is 9.82. The Kier molecular flexibility index (Phi) is 6.91. The number of Topliss-reactive ketones (excluding diaryl/α,β-unsaturated/α-hetero) is 1. The summed E-state index contributed by atoms with van der Waals surface area (Å²) < 4.78 is 29.8. The van der Waals surface area contributed by atoms with Gasteiger partial charge in [0.2, 0.25) is 0 Å². The second kappa shape index (κ2) is 9.72. The van der Waals surface area contributed by atoms with Crippen LogP contribution in [0.1, 0.15) is 72.4 Å². The molecule has 1 N–H and O–H groups in total. The third-order valence-corrected chi connectivity index (χ3v) is 7.19. The maximum atomic E-state index is 14.9. The Morgan fingerprint density at radius 3 is 2.88 bits per heavy atom. The van der Waals surface area contributed by atoms with Crippen LogP contribution < -0.4 is 5.32 Å². The number of rotatable bonds is 6. The summed E-state index contributed by atoms with van der Waals surface area (Å²) in [6.45, 7) is 5.46. The van der Waals surface area contributed by atoms with E-state index in [4.69, 9.17) is 0 Å². The van der Waals surface area contributed by atoms with Crippen molar-refractivity contribution in [3.8, 4) is 0 Å². The van der Waals surface area contributed by atoms with E-state index in [0.29, 0.717) is 18.7 Å². The summed E-state index contributed by atoms with van der Waals surface area (Å²) in [5, 5.41) is 2.72. The van der Waals surface area contributed by atoms with Gasteiger partial charge in [-0.05, 0) is 56.2 Å². The number of carbonyl (C=O) groups excluding carboxylic acids is 2. The summed E-state index contributed by atoms with van der Waals surface area (Å²) in [7, 11) is 0. The number of nitrogens with one attached hydrogen (secondary N) is 1. The van der Waals surface area contributed by atoms with Crippen molar-refractivity contribution >= 4 is 17.8 Å². The van der Waals surface area contributed by atoms with E-state index < -0.39 is 36.1 Å². The molecule has 2 aliphatic rings. The molecular weight excluding hydrogens is 436 g/mol. The highest BCUT2D eigenvalue weighted by Crippen LogP contribution is 2.52. The molecule has 0 bridgehead atoms. The summed E-state index contributed by atoms with van der Waals surface area (Å²) in [6.07, 6.45) is 5.89. The van der Waals surface area contributed by atoms with E-state index in [1.807, 2.05) is 24.3 Å².